The molecule has 1 aromatic heterocycles. The molecule has 0 radical (unpaired) electrons. The minimum Gasteiger partial charge on any atom is -0.394 e. The normalized spacial score (nSPS) is 12.0. The molecule has 0 spiro atoms. The van der Waals surface area contributed by atoms with Gasteiger partial charge in [0.05, 0.1) is 26.0 Å². The summed E-state index contributed by atoms with van der Waals surface area (Å²) in [5.41, 5.74) is 1.06. The molecule has 5 nitrogen and oxygen atoms in total. The van der Waals surface area contributed by atoms with Gasteiger partial charge in [-0.2, -0.15) is 5.10 Å². The lowest BCUT2D eigenvalue weighted by atomic mass is 10.1. The Morgan fingerprint density at radius 2 is 2.31 bits per heavy atom. The van der Waals surface area contributed by atoms with Gasteiger partial charge in [-0.1, -0.05) is 0 Å². The highest BCUT2D eigenvalue weighted by molar-refractivity contribution is 5.04. The third-order valence-electron chi connectivity index (χ3n) is 2.29. The van der Waals surface area contributed by atoms with Gasteiger partial charge in [-0.15, -0.1) is 0 Å². The van der Waals surface area contributed by atoms with Gasteiger partial charge >= 0.3 is 0 Å². The van der Waals surface area contributed by atoms with Crippen molar-refractivity contribution in [2.45, 2.75) is 32.5 Å². The van der Waals surface area contributed by atoms with E-state index in [4.69, 9.17) is 9.84 Å². The molecule has 92 valence electrons. The summed E-state index contributed by atoms with van der Waals surface area (Å²) in [6.07, 6.45) is 3.75. The average Bonchev–Trinajstić information content (AvgIpc) is 2.64. The number of aromatic nitrogens is 2. The van der Waals surface area contributed by atoms with Crippen molar-refractivity contribution in [2.75, 3.05) is 20.3 Å². The minimum absolute atomic E-state index is 0.0478. The molecule has 0 saturated heterocycles. The molecular weight excluding hydrogens is 206 g/mol. The van der Waals surface area contributed by atoms with E-state index in [9.17, 15) is 0 Å². The van der Waals surface area contributed by atoms with Gasteiger partial charge in [-0.05, 0) is 13.8 Å². The second-order valence-electron chi connectivity index (χ2n) is 4.51. The average molecular weight is 227 g/mol. The van der Waals surface area contributed by atoms with Gasteiger partial charge in [0.25, 0.3) is 0 Å². The summed E-state index contributed by atoms with van der Waals surface area (Å²) in [7, 11) is 1.70. The molecule has 0 bridgehead atoms. The molecule has 0 aliphatic heterocycles. The summed E-state index contributed by atoms with van der Waals surface area (Å²) in [5.74, 6) is 0. The Bertz CT molecular complexity index is 310. The van der Waals surface area contributed by atoms with Crippen LogP contribution in [0.3, 0.4) is 0 Å². The van der Waals surface area contributed by atoms with E-state index < -0.39 is 0 Å². The third kappa shape index (κ3) is 4.30. The van der Waals surface area contributed by atoms with E-state index in [0.717, 1.165) is 12.1 Å². The molecule has 2 N–H and O–H groups in total. The Hall–Kier alpha value is -0.910. The molecule has 0 fully saturated rings. The first-order valence-corrected chi connectivity index (χ1v) is 5.43. The van der Waals surface area contributed by atoms with Gasteiger partial charge in [0.2, 0.25) is 0 Å². The summed E-state index contributed by atoms with van der Waals surface area (Å²) >= 11 is 0. The van der Waals surface area contributed by atoms with Crippen molar-refractivity contribution in [3.05, 3.63) is 18.0 Å². The van der Waals surface area contributed by atoms with E-state index in [2.05, 4.69) is 24.3 Å². The fourth-order valence-electron chi connectivity index (χ4n) is 1.48. The van der Waals surface area contributed by atoms with E-state index in [-0.39, 0.29) is 12.1 Å². The number of hydrogen-bond donors (Lipinski definition) is 2. The van der Waals surface area contributed by atoms with Crippen LogP contribution in [0.15, 0.2) is 12.4 Å². The number of ether oxygens (including phenoxy) is 1. The van der Waals surface area contributed by atoms with E-state index in [0.29, 0.717) is 13.2 Å². The number of methoxy groups -OCH3 is 1. The predicted molar refractivity (Wildman–Crippen MR) is 62.1 cm³/mol. The molecule has 16 heavy (non-hydrogen) atoms. The zero-order valence-corrected chi connectivity index (χ0v) is 10.2. The monoisotopic (exact) mass is 227 g/mol. The first-order chi connectivity index (χ1) is 7.57. The van der Waals surface area contributed by atoms with E-state index >= 15 is 0 Å². The zero-order valence-electron chi connectivity index (χ0n) is 10.2. The van der Waals surface area contributed by atoms with Gasteiger partial charge in [-0.25, -0.2) is 0 Å². The zero-order chi connectivity index (χ0) is 12.0. The highest BCUT2D eigenvalue weighted by atomic mass is 16.5. The molecule has 0 aliphatic rings. The lowest BCUT2D eigenvalue weighted by molar-refractivity contribution is 0.127. The van der Waals surface area contributed by atoms with Crippen molar-refractivity contribution in [2.24, 2.45) is 0 Å². The Labute approximate surface area is 96.4 Å². The molecule has 5 heteroatoms. The topological polar surface area (TPSA) is 59.3 Å². The van der Waals surface area contributed by atoms with E-state index in [1.54, 1.807) is 11.8 Å². The summed E-state index contributed by atoms with van der Waals surface area (Å²) in [6, 6.07) is 0. The molecular formula is C11H21N3O2. The van der Waals surface area contributed by atoms with Crippen LogP contribution in [0.25, 0.3) is 0 Å². The van der Waals surface area contributed by atoms with Gasteiger partial charge in [0.15, 0.2) is 0 Å². The van der Waals surface area contributed by atoms with Gasteiger partial charge in [0.1, 0.15) is 0 Å². The summed E-state index contributed by atoms with van der Waals surface area (Å²) < 4.78 is 6.86. The van der Waals surface area contributed by atoms with Crippen molar-refractivity contribution in [1.82, 2.24) is 15.1 Å². The van der Waals surface area contributed by atoms with Crippen LogP contribution in [-0.2, 0) is 17.8 Å². The smallest absolute Gasteiger partial charge is 0.0640 e. The predicted octanol–water partition coefficient (Wildman–Crippen LogP) is 0.390. The van der Waals surface area contributed by atoms with E-state index in [1.165, 1.54) is 0 Å². The molecule has 0 aromatic carbocycles. The first-order valence-electron chi connectivity index (χ1n) is 5.43. The largest absolute Gasteiger partial charge is 0.394 e. The van der Waals surface area contributed by atoms with E-state index in [1.807, 2.05) is 12.4 Å². The number of hydrogen-bond acceptors (Lipinski definition) is 4. The minimum atomic E-state index is -0.0478. The molecule has 0 saturated carbocycles. The Kier molecular flexibility index (Phi) is 4.92. The molecule has 0 amide bonds. The fraction of sp³-hybridized carbons (Fsp3) is 0.727. The number of nitrogens with zero attached hydrogens (tertiary/aromatic N) is 2. The Morgan fingerprint density at radius 1 is 1.56 bits per heavy atom. The molecule has 1 heterocycles. The van der Waals surface area contributed by atoms with Crippen LogP contribution in [0.2, 0.25) is 0 Å². The maximum Gasteiger partial charge on any atom is 0.0640 e. The van der Waals surface area contributed by atoms with Gasteiger partial charge in [-0.3, -0.25) is 4.68 Å². The maximum atomic E-state index is 8.77. The Balaban J connectivity index is 2.41. The fourth-order valence-corrected chi connectivity index (χ4v) is 1.48. The van der Waals surface area contributed by atoms with Crippen LogP contribution in [0.1, 0.15) is 19.4 Å². The number of rotatable bonds is 7. The summed E-state index contributed by atoms with van der Waals surface area (Å²) in [6.45, 7) is 6.26. The Morgan fingerprint density at radius 3 is 2.94 bits per heavy atom. The van der Waals surface area contributed by atoms with Gasteiger partial charge in [0, 0.05) is 31.0 Å². The third-order valence-corrected chi connectivity index (χ3v) is 2.29. The van der Waals surface area contributed by atoms with Crippen LogP contribution in [0.4, 0.5) is 0 Å². The lowest BCUT2D eigenvalue weighted by Gasteiger charge is -2.24. The molecule has 0 unspecified atom stereocenters. The van der Waals surface area contributed by atoms with Crippen LogP contribution >= 0.6 is 0 Å². The van der Waals surface area contributed by atoms with Crippen LogP contribution in [0, 0.1) is 0 Å². The van der Waals surface area contributed by atoms with Crippen LogP contribution in [0.5, 0.6) is 0 Å². The van der Waals surface area contributed by atoms with Gasteiger partial charge < -0.3 is 15.2 Å². The first kappa shape index (κ1) is 13.2. The van der Waals surface area contributed by atoms with Crippen molar-refractivity contribution in [3.8, 4) is 0 Å². The van der Waals surface area contributed by atoms with Crippen molar-refractivity contribution in [3.63, 3.8) is 0 Å². The highest BCUT2D eigenvalue weighted by Crippen LogP contribution is 2.05. The molecule has 1 rings (SSSR count). The van der Waals surface area contributed by atoms with Crippen molar-refractivity contribution in [1.29, 1.82) is 0 Å². The maximum absolute atomic E-state index is 8.77. The molecule has 0 atom stereocenters. The summed E-state index contributed by atoms with van der Waals surface area (Å²) in [4.78, 5) is 0. The second-order valence-corrected chi connectivity index (χ2v) is 4.51. The lowest BCUT2D eigenvalue weighted by Crippen LogP contribution is -2.42. The number of nitrogens with one attached hydrogen (secondary N) is 1. The second kappa shape index (κ2) is 5.98. The van der Waals surface area contributed by atoms with Crippen LogP contribution in [-0.4, -0.2) is 40.7 Å². The SMILES string of the molecule is COCC(C)(C)NCc1cnn(CCO)c1. The standard InChI is InChI=1S/C11H21N3O2/c1-11(2,9-16-3)12-6-10-7-13-14(8-10)4-5-15/h7-8,12,15H,4-6,9H2,1-3H3. The van der Waals surface area contributed by atoms with Crippen molar-refractivity contribution >= 4 is 0 Å². The molecule has 1 aromatic rings. The van der Waals surface area contributed by atoms with Crippen LogP contribution < -0.4 is 5.32 Å². The van der Waals surface area contributed by atoms with Crippen molar-refractivity contribution < 1.29 is 9.84 Å². The highest BCUT2D eigenvalue weighted by Gasteiger charge is 2.16. The summed E-state index contributed by atoms with van der Waals surface area (Å²) in [5, 5.41) is 16.3. The molecule has 0 aliphatic carbocycles. The number of aliphatic hydroxyl groups is 1. The quantitative estimate of drug-likeness (QED) is 0.707. The number of aliphatic hydroxyl groups excluding tert-OH is 1.